The Labute approximate surface area is 134 Å². The third-order valence-electron chi connectivity index (χ3n) is 3.95. The van der Waals surface area contributed by atoms with E-state index >= 15 is 0 Å². The largest absolute Gasteiger partial charge is 0.379 e. The molecule has 4 unspecified atom stereocenters. The van der Waals surface area contributed by atoms with Gasteiger partial charge in [-0.25, -0.2) is 0 Å². The molecule has 2 aliphatic rings. The van der Waals surface area contributed by atoms with Crippen LogP contribution in [0.4, 0.5) is 0 Å². The van der Waals surface area contributed by atoms with Gasteiger partial charge in [-0.3, -0.25) is 0 Å². The molecule has 7 heteroatoms. The summed E-state index contributed by atoms with van der Waals surface area (Å²) >= 11 is 3.94. The normalized spacial score (nSPS) is 33.4. The molecule has 5 nitrogen and oxygen atoms in total. The molecule has 0 aromatic carbocycles. The summed E-state index contributed by atoms with van der Waals surface area (Å²) in [6.45, 7) is 6.82. The molecule has 0 saturated carbocycles. The first-order chi connectivity index (χ1) is 10.3. The SMILES string of the molecule is CCCNC1COCC1c1nc(C2SCCSC2C)no1. The summed E-state index contributed by atoms with van der Waals surface area (Å²) in [4.78, 5) is 4.69. The third-order valence-corrected chi connectivity index (χ3v) is 7.04. The van der Waals surface area contributed by atoms with E-state index in [9.17, 15) is 0 Å². The predicted octanol–water partition coefficient (Wildman–Crippen LogP) is 2.46. The van der Waals surface area contributed by atoms with Crippen molar-refractivity contribution in [1.29, 1.82) is 0 Å². The molecular weight excluding hydrogens is 306 g/mol. The number of ether oxygens (including phenoxy) is 1. The molecule has 2 aliphatic heterocycles. The van der Waals surface area contributed by atoms with Gasteiger partial charge < -0.3 is 14.6 Å². The van der Waals surface area contributed by atoms with Gasteiger partial charge in [-0.15, -0.1) is 11.8 Å². The minimum Gasteiger partial charge on any atom is -0.379 e. The van der Waals surface area contributed by atoms with E-state index in [1.54, 1.807) is 0 Å². The first-order valence-electron chi connectivity index (χ1n) is 7.67. The standard InChI is InChI=1S/C14H23N3O2S2/c1-3-4-15-11-8-18-7-10(11)14-16-13(17-19-14)12-9(2)20-5-6-21-12/h9-12,15H,3-8H2,1-2H3. The maximum absolute atomic E-state index is 5.60. The summed E-state index contributed by atoms with van der Waals surface area (Å²) in [5, 5.41) is 8.66. The number of hydrogen-bond acceptors (Lipinski definition) is 7. The van der Waals surface area contributed by atoms with Crippen molar-refractivity contribution in [2.24, 2.45) is 0 Å². The van der Waals surface area contributed by atoms with Crippen LogP contribution in [0, 0.1) is 0 Å². The van der Waals surface area contributed by atoms with E-state index in [0.29, 0.717) is 23.1 Å². The van der Waals surface area contributed by atoms with E-state index in [1.165, 1.54) is 5.75 Å². The summed E-state index contributed by atoms with van der Waals surface area (Å²) in [6, 6.07) is 0.295. The molecule has 4 atom stereocenters. The van der Waals surface area contributed by atoms with Crippen LogP contribution in [-0.2, 0) is 4.74 Å². The van der Waals surface area contributed by atoms with Crippen LogP contribution in [-0.4, -0.2) is 52.7 Å². The molecule has 2 saturated heterocycles. The summed E-state index contributed by atoms with van der Waals surface area (Å²) in [5.74, 6) is 4.16. The van der Waals surface area contributed by atoms with Gasteiger partial charge in [-0.1, -0.05) is 19.0 Å². The lowest BCUT2D eigenvalue weighted by Crippen LogP contribution is -2.35. The number of aromatic nitrogens is 2. The Bertz CT molecular complexity index is 457. The lowest BCUT2D eigenvalue weighted by molar-refractivity contribution is 0.184. The van der Waals surface area contributed by atoms with Crippen molar-refractivity contribution in [3.8, 4) is 0 Å². The molecule has 118 valence electrons. The number of nitrogens with one attached hydrogen (secondary N) is 1. The highest BCUT2D eigenvalue weighted by Gasteiger charge is 2.35. The molecule has 2 fully saturated rings. The second kappa shape index (κ2) is 7.35. The fraction of sp³-hybridized carbons (Fsp3) is 0.857. The third kappa shape index (κ3) is 3.57. The molecule has 0 aliphatic carbocycles. The Morgan fingerprint density at radius 2 is 2.14 bits per heavy atom. The van der Waals surface area contributed by atoms with E-state index in [-0.39, 0.29) is 5.92 Å². The van der Waals surface area contributed by atoms with Crippen LogP contribution < -0.4 is 5.32 Å². The van der Waals surface area contributed by atoms with Crippen LogP contribution in [0.25, 0.3) is 0 Å². The molecule has 0 bridgehead atoms. The van der Waals surface area contributed by atoms with Crippen LogP contribution in [0.3, 0.4) is 0 Å². The molecular formula is C14H23N3O2S2. The number of nitrogens with zero attached hydrogens (tertiary/aromatic N) is 2. The van der Waals surface area contributed by atoms with E-state index < -0.39 is 0 Å². The van der Waals surface area contributed by atoms with Crippen LogP contribution in [0.1, 0.15) is 43.2 Å². The minimum absolute atomic E-state index is 0.189. The van der Waals surface area contributed by atoms with Gasteiger partial charge in [0.2, 0.25) is 5.89 Å². The summed E-state index contributed by atoms with van der Waals surface area (Å²) in [5.41, 5.74) is 0. The van der Waals surface area contributed by atoms with Crippen molar-refractivity contribution < 1.29 is 9.26 Å². The van der Waals surface area contributed by atoms with Crippen LogP contribution in [0.15, 0.2) is 4.52 Å². The fourth-order valence-corrected chi connectivity index (χ4v) is 5.44. The molecule has 1 aromatic heterocycles. The minimum atomic E-state index is 0.189. The first-order valence-corrected chi connectivity index (χ1v) is 9.77. The molecule has 3 rings (SSSR count). The molecule has 0 spiro atoms. The highest BCUT2D eigenvalue weighted by atomic mass is 32.2. The molecule has 1 aromatic rings. The Kier molecular flexibility index (Phi) is 5.48. The zero-order chi connectivity index (χ0) is 14.7. The maximum atomic E-state index is 5.60. The van der Waals surface area contributed by atoms with Gasteiger partial charge in [-0.2, -0.15) is 16.7 Å². The molecule has 0 amide bonds. The fourth-order valence-electron chi connectivity index (χ4n) is 2.76. The average molecular weight is 329 g/mol. The number of rotatable bonds is 5. The van der Waals surface area contributed by atoms with Gasteiger partial charge in [-0.05, 0) is 13.0 Å². The van der Waals surface area contributed by atoms with Gasteiger partial charge in [0.1, 0.15) is 0 Å². The Morgan fingerprint density at radius 3 is 2.95 bits per heavy atom. The molecule has 21 heavy (non-hydrogen) atoms. The van der Waals surface area contributed by atoms with Crippen molar-refractivity contribution in [3.05, 3.63) is 11.7 Å². The quantitative estimate of drug-likeness (QED) is 0.890. The number of thioether (sulfide) groups is 2. The monoisotopic (exact) mass is 329 g/mol. The first kappa shape index (κ1) is 15.6. The van der Waals surface area contributed by atoms with Crippen molar-refractivity contribution in [1.82, 2.24) is 15.5 Å². The summed E-state index contributed by atoms with van der Waals surface area (Å²) < 4.78 is 11.2. The van der Waals surface area contributed by atoms with Gasteiger partial charge in [0, 0.05) is 22.8 Å². The Hall–Kier alpha value is -0.240. The summed E-state index contributed by atoms with van der Waals surface area (Å²) in [6.07, 6.45) is 1.12. The maximum Gasteiger partial charge on any atom is 0.233 e. The predicted molar refractivity (Wildman–Crippen MR) is 87.1 cm³/mol. The van der Waals surface area contributed by atoms with Gasteiger partial charge in [0.15, 0.2) is 5.82 Å². The van der Waals surface area contributed by atoms with Crippen molar-refractivity contribution in [2.45, 2.75) is 42.7 Å². The average Bonchev–Trinajstić information content (AvgIpc) is 3.14. The smallest absolute Gasteiger partial charge is 0.233 e. The second-order valence-electron chi connectivity index (χ2n) is 5.56. The van der Waals surface area contributed by atoms with Crippen LogP contribution in [0.2, 0.25) is 0 Å². The zero-order valence-electron chi connectivity index (χ0n) is 12.6. The summed E-state index contributed by atoms with van der Waals surface area (Å²) in [7, 11) is 0. The molecule has 3 heterocycles. The number of hydrogen-bond donors (Lipinski definition) is 1. The lowest BCUT2D eigenvalue weighted by atomic mass is 10.0. The van der Waals surface area contributed by atoms with Crippen molar-refractivity contribution in [2.75, 3.05) is 31.3 Å². The van der Waals surface area contributed by atoms with Crippen LogP contribution >= 0.6 is 23.5 Å². The van der Waals surface area contributed by atoms with Gasteiger partial charge in [0.25, 0.3) is 0 Å². The highest BCUT2D eigenvalue weighted by Crippen LogP contribution is 2.41. The molecule has 0 radical (unpaired) electrons. The van der Waals surface area contributed by atoms with E-state index in [1.807, 2.05) is 23.5 Å². The van der Waals surface area contributed by atoms with Crippen molar-refractivity contribution >= 4 is 23.5 Å². The van der Waals surface area contributed by atoms with Crippen LogP contribution in [0.5, 0.6) is 0 Å². The van der Waals surface area contributed by atoms with E-state index in [4.69, 9.17) is 14.2 Å². The Morgan fingerprint density at radius 1 is 1.29 bits per heavy atom. The van der Waals surface area contributed by atoms with Crippen molar-refractivity contribution in [3.63, 3.8) is 0 Å². The Balaban J connectivity index is 1.69. The highest BCUT2D eigenvalue weighted by molar-refractivity contribution is 8.06. The lowest BCUT2D eigenvalue weighted by Gasteiger charge is -2.24. The zero-order valence-corrected chi connectivity index (χ0v) is 14.2. The second-order valence-corrected chi connectivity index (χ2v) is 8.30. The molecule has 1 N–H and O–H groups in total. The van der Waals surface area contributed by atoms with Gasteiger partial charge in [0.05, 0.1) is 24.4 Å². The van der Waals surface area contributed by atoms with Gasteiger partial charge >= 0.3 is 0 Å². The van der Waals surface area contributed by atoms with E-state index in [2.05, 4.69) is 24.3 Å². The van der Waals surface area contributed by atoms with E-state index in [0.717, 1.165) is 37.0 Å². The topological polar surface area (TPSA) is 60.2 Å².